The second kappa shape index (κ2) is 6.13. The van der Waals surface area contributed by atoms with Crippen LogP contribution in [-0.4, -0.2) is 28.0 Å². The van der Waals surface area contributed by atoms with Gasteiger partial charge >= 0.3 is 5.69 Å². The van der Waals surface area contributed by atoms with Gasteiger partial charge in [0.05, 0.1) is 4.92 Å². The first-order chi connectivity index (χ1) is 9.80. The van der Waals surface area contributed by atoms with Crippen molar-refractivity contribution in [3.8, 4) is 0 Å². The van der Waals surface area contributed by atoms with Crippen molar-refractivity contribution >= 4 is 23.1 Å². The summed E-state index contributed by atoms with van der Waals surface area (Å²) >= 11 is 5.87. The molecule has 1 fully saturated rings. The van der Waals surface area contributed by atoms with Crippen LogP contribution in [0.1, 0.15) is 40.0 Å². The fourth-order valence-corrected chi connectivity index (χ4v) is 3.11. The summed E-state index contributed by atoms with van der Waals surface area (Å²) in [4.78, 5) is 20.5. The SMILES string of the molecule is CC(C)(C)C1CCCN(c2ncnc(Cl)c2[N+](=O)[O-])CC1. The van der Waals surface area contributed by atoms with E-state index in [4.69, 9.17) is 11.6 Å². The van der Waals surface area contributed by atoms with Gasteiger partial charge in [-0.25, -0.2) is 9.97 Å². The molecule has 0 saturated carbocycles. The molecule has 0 aromatic carbocycles. The lowest BCUT2D eigenvalue weighted by Crippen LogP contribution is -2.27. The Bertz CT molecular complexity index is 530. The molecule has 1 aromatic rings. The minimum Gasteiger partial charge on any atom is -0.351 e. The van der Waals surface area contributed by atoms with E-state index in [2.05, 4.69) is 30.7 Å². The van der Waals surface area contributed by atoms with E-state index in [-0.39, 0.29) is 16.3 Å². The molecule has 1 unspecified atom stereocenters. The van der Waals surface area contributed by atoms with Gasteiger partial charge < -0.3 is 4.90 Å². The summed E-state index contributed by atoms with van der Waals surface area (Å²) in [5.41, 5.74) is 0.0685. The molecule has 0 N–H and O–H groups in total. The van der Waals surface area contributed by atoms with Crippen LogP contribution in [0.3, 0.4) is 0 Å². The first-order valence-electron chi connectivity index (χ1n) is 7.20. The van der Waals surface area contributed by atoms with Crippen molar-refractivity contribution in [2.75, 3.05) is 18.0 Å². The maximum absolute atomic E-state index is 11.2. The third-order valence-corrected chi connectivity index (χ3v) is 4.47. The van der Waals surface area contributed by atoms with Crippen LogP contribution in [0.15, 0.2) is 6.33 Å². The van der Waals surface area contributed by atoms with Gasteiger partial charge in [-0.1, -0.05) is 32.4 Å². The Morgan fingerprint density at radius 1 is 1.33 bits per heavy atom. The number of aromatic nitrogens is 2. The molecule has 1 aliphatic heterocycles. The number of rotatable bonds is 2. The number of halogens is 1. The van der Waals surface area contributed by atoms with E-state index < -0.39 is 4.92 Å². The van der Waals surface area contributed by atoms with Crippen LogP contribution in [0.5, 0.6) is 0 Å². The third kappa shape index (κ3) is 3.61. The maximum atomic E-state index is 11.2. The van der Waals surface area contributed by atoms with Crippen LogP contribution >= 0.6 is 11.6 Å². The van der Waals surface area contributed by atoms with Crippen LogP contribution < -0.4 is 4.90 Å². The zero-order valence-electron chi connectivity index (χ0n) is 12.7. The molecule has 0 aliphatic carbocycles. The highest BCUT2D eigenvalue weighted by molar-refractivity contribution is 6.31. The second-order valence-electron chi connectivity index (χ2n) is 6.57. The molecule has 1 atom stereocenters. The lowest BCUT2D eigenvalue weighted by atomic mass is 9.77. The van der Waals surface area contributed by atoms with E-state index in [9.17, 15) is 10.1 Å². The Hall–Kier alpha value is -1.43. The molecule has 0 radical (unpaired) electrons. The van der Waals surface area contributed by atoms with Crippen molar-refractivity contribution in [3.05, 3.63) is 21.6 Å². The molecule has 0 spiro atoms. The van der Waals surface area contributed by atoms with Crippen molar-refractivity contribution in [2.45, 2.75) is 40.0 Å². The van der Waals surface area contributed by atoms with E-state index in [1.807, 2.05) is 4.90 Å². The van der Waals surface area contributed by atoms with Crippen molar-refractivity contribution in [3.63, 3.8) is 0 Å². The minimum absolute atomic E-state index is 0.0957. The van der Waals surface area contributed by atoms with Gasteiger partial charge in [0.15, 0.2) is 0 Å². The molecule has 2 heterocycles. The smallest absolute Gasteiger partial charge is 0.348 e. The summed E-state index contributed by atoms with van der Waals surface area (Å²) < 4.78 is 0. The average molecular weight is 313 g/mol. The summed E-state index contributed by atoms with van der Waals surface area (Å²) in [7, 11) is 0. The number of anilines is 1. The van der Waals surface area contributed by atoms with E-state index in [1.54, 1.807) is 0 Å². The molecule has 116 valence electrons. The van der Waals surface area contributed by atoms with Gasteiger partial charge in [-0.05, 0) is 30.6 Å². The van der Waals surface area contributed by atoms with Crippen molar-refractivity contribution in [1.82, 2.24) is 9.97 Å². The Labute approximate surface area is 129 Å². The summed E-state index contributed by atoms with van der Waals surface area (Å²) in [6.45, 7) is 8.27. The largest absolute Gasteiger partial charge is 0.351 e. The van der Waals surface area contributed by atoms with E-state index in [0.717, 1.165) is 32.4 Å². The van der Waals surface area contributed by atoms with Crippen LogP contribution in [0, 0.1) is 21.4 Å². The van der Waals surface area contributed by atoms with Crippen LogP contribution in [-0.2, 0) is 0 Å². The third-order valence-electron chi connectivity index (χ3n) is 4.19. The average Bonchev–Trinajstić information content (AvgIpc) is 2.63. The molecule has 0 bridgehead atoms. The quantitative estimate of drug-likeness (QED) is 0.473. The van der Waals surface area contributed by atoms with Crippen LogP contribution in [0.2, 0.25) is 5.15 Å². The second-order valence-corrected chi connectivity index (χ2v) is 6.93. The monoisotopic (exact) mass is 312 g/mol. The molecular formula is C14H21ClN4O2. The fraction of sp³-hybridized carbons (Fsp3) is 0.714. The minimum atomic E-state index is -0.496. The normalized spacial score (nSPS) is 20.2. The number of hydrogen-bond acceptors (Lipinski definition) is 5. The Kier molecular flexibility index (Phi) is 4.66. The summed E-state index contributed by atoms with van der Waals surface area (Å²) in [5.74, 6) is 0.952. The zero-order chi connectivity index (χ0) is 15.6. The predicted octanol–water partition coefficient (Wildman–Crippen LogP) is 3.69. The lowest BCUT2D eigenvalue weighted by molar-refractivity contribution is -0.384. The van der Waals surface area contributed by atoms with Gasteiger partial charge in [0, 0.05) is 13.1 Å². The molecule has 1 aromatic heterocycles. The molecular weight excluding hydrogens is 292 g/mol. The van der Waals surface area contributed by atoms with Gasteiger partial charge in [-0.3, -0.25) is 10.1 Å². The topological polar surface area (TPSA) is 72.2 Å². The van der Waals surface area contributed by atoms with Gasteiger partial charge in [0.2, 0.25) is 11.0 Å². The highest BCUT2D eigenvalue weighted by Gasteiger charge is 2.31. The van der Waals surface area contributed by atoms with Gasteiger partial charge in [0.1, 0.15) is 6.33 Å². The summed E-state index contributed by atoms with van der Waals surface area (Å²) in [5, 5.41) is 11.1. The Morgan fingerprint density at radius 3 is 2.67 bits per heavy atom. The van der Waals surface area contributed by atoms with Crippen LogP contribution in [0.25, 0.3) is 0 Å². The first kappa shape index (κ1) is 15.9. The van der Waals surface area contributed by atoms with E-state index >= 15 is 0 Å². The maximum Gasteiger partial charge on any atom is 0.348 e. The van der Waals surface area contributed by atoms with E-state index in [1.165, 1.54) is 6.33 Å². The van der Waals surface area contributed by atoms with Crippen molar-refractivity contribution < 1.29 is 4.92 Å². The van der Waals surface area contributed by atoms with Gasteiger partial charge in [-0.2, -0.15) is 0 Å². The van der Waals surface area contributed by atoms with Gasteiger partial charge in [-0.15, -0.1) is 0 Å². The van der Waals surface area contributed by atoms with Crippen molar-refractivity contribution in [2.24, 2.45) is 11.3 Å². The Balaban J connectivity index is 2.24. The lowest BCUT2D eigenvalue weighted by Gasteiger charge is -2.29. The molecule has 6 nitrogen and oxygen atoms in total. The van der Waals surface area contributed by atoms with Gasteiger partial charge in [0.25, 0.3) is 0 Å². The summed E-state index contributed by atoms with van der Waals surface area (Å²) in [6, 6.07) is 0. The number of nitrogens with zero attached hydrogens (tertiary/aromatic N) is 4. The van der Waals surface area contributed by atoms with Crippen molar-refractivity contribution in [1.29, 1.82) is 0 Å². The molecule has 1 saturated heterocycles. The predicted molar refractivity (Wildman–Crippen MR) is 82.7 cm³/mol. The molecule has 21 heavy (non-hydrogen) atoms. The highest BCUT2D eigenvalue weighted by atomic mass is 35.5. The first-order valence-corrected chi connectivity index (χ1v) is 7.58. The zero-order valence-corrected chi connectivity index (χ0v) is 13.4. The van der Waals surface area contributed by atoms with Crippen LogP contribution in [0.4, 0.5) is 11.5 Å². The number of nitro groups is 1. The highest BCUT2D eigenvalue weighted by Crippen LogP contribution is 2.37. The molecule has 1 aliphatic rings. The van der Waals surface area contributed by atoms with E-state index in [0.29, 0.717) is 11.7 Å². The molecule has 7 heteroatoms. The summed E-state index contributed by atoms with van der Waals surface area (Å²) in [6.07, 6.45) is 4.42. The molecule has 2 rings (SSSR count). The number of hydrogen-bond donors (Lipinski definition) is 0. The standard InChI is InChI=1S/C14H21ClN4O2/c1-14(2,3)10-5-4-7-18(8-6-10)13-11(19(20)21)12(15)16-9-17-13/h9-10H,4-8H2,1-3H3. The molecule has 0 amide bonds. The fourth-order valence-electron chi connectivity index (χ4n) is 2.91. The Morgan fingerprint density at radius 2 is 2.05 bits per heavy atom.